The topological polar surface area (TPSA) is 89.2 Å². The molecular weight excluding hydrogens is 466 g/mol. The highest BCUT2D eigenvalue weighted by molar-refractivity contribution is 5.91. The summed E-state index contributed by atoms with van der Waals surface area (Å²) < 4.78 is 8.88. The van der Waals surface area contributed by atoms with E-state index < -0.39 is 0 Å². The number of para-hydroxylation sites is 1. The number of carbonyl (C=O) groups excluding carboxylic acids is 1. The third kappa shape index (κ3) is 5.62. The monoisotopic (exact) mass is 503 g/mol. The van der Waals surface area contributed by atoms with E-state index in [0.717, 1.165) is 55.0 Å². The summed E-state index contributed by atoms with van der Waals surface area (Å²) in [5.74, 6) is 0.985. The van der Waals surface area contributed by atoms with Crippen LogP contribution in [-0.2, 0) is 11.8 Å². The Morgan fingerprint density at radius 2 is 2.03 bits per heavy atom. The van der Waals surface area contributed by atoms with Crippen molar-refractivity contribution in [1.82, 2.24) is 29.8 Å². The number of hydrogen-bond acceptors (Lipinski definition) is 5. The van der Waals surface area contributed by atoms with Crippen LogP contribution in [0.15, 0.2) is 54.4 Å². The van der Waals surface area contributed by atoms with Gasteiger partial charge in [0.25, 0.3) is 0 Å². The summed E-state index contributed by atoms with van der Waals surface area (Å²) in [6.07, 6.45) is 10.9. The minimum atomic E-state index is -0.210. The minimum Gasteiger partial charge on any atom is -0.383 e. The number of nitrogens with one attached hydrogen (secondary N) is 2. The molecule has 2 aliphatic rings. The minimum absolute atomic E-state index is 0.0485. The van der Waals surface area contributed by atoms with Gasteiger partial charge in [-0.15, -0.1) is 0 Å². The van der Waals surface area contributed by atoms with Crippen LogP contribution in [0.4, 0.5) is 10.6 Å². The third-order valence-corrected chi connectivity index (χ3v) is 7.46. The molecule has 3 heterocycles. The fourth-order valence-electron chi connectivity index (χ4n) is 5.54. The van der Waals surface area contributed by atoms with Gasteiger partial charge in [0.15, 0.2) is 0 Å². The molecule has 196 valence electrons. The van der Waals surface area contributed by atoms with Crippen LogP contribution in [0, 0.1) is 12.8 Å². The van der Waals surface area contributed by atoms with Crippen LogP contribution >= 0.6 is 0 Å². The number of benzene rings is 1. The van der Waals surface area contributed by atoms with Crippen molar-refractivity contribution >= 4 is 11.8 Å². The van der Waals surface area contributed by atoms with Crippen LogP contribution in [0.3, 0.4) is 0 Å². The van der Waals surface area contributed by atoms with Gasteiger partial charge in [0.1, 0.15) is 11.5 Å². The average molecular weight is 504 g/mol. The van der Waals surface area contributed by atoms with Crippen molar-refractivity contribution in [2.24, 2.45) is 13.0 Å². The Hall–Kier alpha value is -3.43. The number of methoxy groups -OCH3 is 1. The van der Waals surface area contributed by atoms with E-state index in [1.165, 1.54) is 18.4 Å². The summed E-state index contributed by atoms with van der Waals surface area (Å²) in [6, 6.07) is 9.71. The number of nitrogens with zero attached hydrogens (tertiary/aromatic N) is 5. The molecule has 3 aromatic rings. The van der Waals surface area contributed by atoms with Crippen LogP contribution in [-0.4, -0.2) is 69.9 Å². The number of aryl methyl sites for hydroxylation is 1. The van der Waals surface area contributed by atoms with E-state index in [4.69, 9.17) is 9.84 Å². The van der Waals surface area contributed by atoms with Crippen molar-refractivity contribution in [1.29, 1.82) is 0 Å². The number of allylic oxidation sites excluding steroid dienone is 1. The first-order valence-electron chi connectivity index (χ1n) is 13.1. The number of aromatic nitrogens is 4. The number of anilines is 1. The predicted molar refractivity (Wildman–Crippen MR) is 145 cm³/mol. The van der Waals surface area contributed by atoms with E-state index in [0.29, 0.717) is 18.3 Å². The lowest BCUT2D eigenvalue weighted by atomic mass is 9.86. The average Bonchev–Trinajstić information content (AvgIpc) is 3.61. The van der Waals surface area contributed by atoms with E-state index in [-0.39, 0.29) is 12.1 Å². The van der Waals surface area contributed by atoms with E-state index in [2.05, 4.69) is 26.7 Å². The molecule has 0 radical (unpaired) electrons. The summed E-state index contributed by atoms with van der Waals surface area (Å²) in [5, 5.41) is 15.6. The van der Waals surface area contributed by atoms with Gasteiger partial charge in [0.05, 0.1) is 24.5 Å². The second-order valence-electron chi connectivity index (χ2n) is 10.1. The first kappa shape index (κ1) is 25.2. The summed E-state index contributed by atoms with van der Waals surface area (Å²) in [7, 11) is 3.62. The number of amides is 2. The number of carbonyl (C=O) groups is 1. The zero-order valence-corrected chi connectivity index (χ0v) is 22.0. The maximum Gasteiger partial charge on any atom is 0.320 e. The Morgan fingerprint density at radius 1 is 1.19 bits per heavy atom. The van der Waals surface area contributed by atoms with Gasteiger partial charge in [-0.3, -0.25) is 14.9 Å². The number of urea groups is 1. The SMILES string of the molecule is COCCN1C[C@@H](NC(=O)Nc2c(C)c(-c3cnn(C)c3)nn2-c2ccccc2)[C@H](C2=CCCCC2)C1. The molecule has 0 unspecified atom stereocenters. The van der Waals surface area contributed by atoms with Gasteiger partial charge >= 0.3 is 6.03 Å². The van der Waals surface area contributed by atoms with Gasteiger partial charge in [-0.05, 0) is 44.7 Å². The lowest BCUT2D eigenvalue weighted by Crippen LogP contribution is -2.43. The lowest BCUT2D eigenvalue weighted by Gasteiger charge is -2.25. The van der Waals surface area contributed by atoms with E-state index in [9.17, 15) is 4.79 Å². The molecule has 2 amide bonds. The van der Waals surface area contributed by atoms with Gasteiger partial charge in [-0.1, -0.05) is 29.8 Å². The van der Waals surface area contributed by atoms with Crippen molar-refractivity contribution in [3.63, 3.8) is 0 Å². The van der Waals surface area contributed by atoms with Crippen LogP contribution < -0.4 is 10.6 Å². The van der Waals surface area contributed by atoms with Crippen LogP contribution in [0.25, 0.3) is 16.9 Å². The number of hydrogen-bond donors (Lipinski definition) is 2. The molecule has 9 heteroatoms. The molecule has 1 saturated heterocycles. The summed E-state index contributed by atoms with van der Waals surface area (Å²) >= 11 is 0. The molecule has 37 heavy (non-hydrogen) atoms. The highest BCUT2D eigenvalue weighted by Gasteiger charge is 2.36. The van der Waals surface area contributed by atoms with E-state index in [1.807, 2.05) is 50.5 Å². The first-order chi connectivity index (χ1) is 18.0. The van der Waals surface area contributed by atoms with Gasteiger partial charge in [0.2, 0.25) is 0 Å². The molecule has 0 spiro atoms. The highest BCUT2D eigenvalue weighted by atomic mass is 16.5. The molecule has 0 saturated carbocycles. The maximum absolute atomic E-state index is 13.5. The standard InChI is InChI=1S/C28H37N7O2/c1-20-26(22-16-29-33(2)17-22)32-35(23-12-8-5-9-13-23)27(20)31-28(36)30-25-19-34(14-15-37-3)18-24(25)21-10-6-4-7-11-21/h5,8-10,12-13,16-17,24-25H,4,6-7,11,14-15,18-19H2,1-3H3,(H2,30,31,36)/t24-,25+/m0/s1. The Labute approximate surface area is 218 Å². The second kappa shape index (κ2) is 11.3. The summed E-state index contributed by atoms with van der Waals surface area (Å²) in [5.41, 5.74) is 4.97. The predicted octanol–water partition coefficient (Wildman–Crippen LogP) is 4.15. The fraction of sp³-hybridized carbons (Fsp3) is 0.464. The van der Waals surface area contributed by atoms with Crippen LogP contribution in [0.5, 0.6) is 0 Å². The molecule has 2 aromatic heterocycles. The Bertz CT molecular complexity index is 1250. The summed E-state index contributed by atoms with van der Waals surface area (Å²) in [4.78, 5) is 15.9. The molecule has 1 fully saturated rings. The maximum atomic E-state index is 13.5. The Morgan fingerprint density at radius 3 is 2.73 bits per heavy atom. The molecule has 2 N–H and O–H groups in total. The molecule has 1 aliphatic carbocycles. The Kier molecular flexibility index (Phi) is 7.71. The smallest absolute Gasteiger partial charge is 0.320 e. The molecule has 1 aromatic carbocycles. The lowest BCUT2D eigenvalue weighted by molar-refractivity contribution is 0.159. The normalized spacial score (nSPS) is 20.1. The van der Waals surface area contributed by atoms with Crippen LogP contribution in [0.1, 0.15) is 31.2 Å². The largest absolute Gasteiger partial charge is 0.383 e. The summed E-state index contributed by atoms with van der Waals surface area (Å²) in [6.45, 7) is 5.32. The van der Waals surface area contributed by atoms with Crippen molar-refractivity contribution in [3.8, 4) is 16.9 Å². The molecule has 0 bridgehead atoms. The second-order valence-corrected chi connectivity index (χ2v) is 10.1. The van der Waals surface area contributed by atoms with E-state index >= 15 is 0 Å². The number of likely N-dealkylation sites (tertiary alicyclic amines) is 1. The number of rotatable bonds is 8. The molecular formula is C28H37N7O2. The van der Waals surface area contributed by atoms with Gasteiger partial charge in [-0.25, -0.2) is 9.48 Å². The molecule has 1 aliphatic heterocycles. The zero-order valence-electron chi connectivity index (χ0n) is 22.0. The number of ether oxygens (including phenoxy) is 1. The van der Waals surface area contributed by atoms with Gasteiger partial charge in [-0.2, -0.15) is 10.2 Å². The van der Waals surface area contributed by atoms with Gasteiger partial charge < -0.3 is 10.1 Å². The molecule has 5 rings (SSSR count). The van der Waals surface area contributed by atoms with Crippen molar-refractivity contribution in [2.45, 2.75) is 38.6 Å². The Balaban J connectivity index is 1.39. The van der Waals surface area contributed by atoms with Crippen molar-refractivity contribution in [2.75, 3.05) is 38.7 Å². The highest BCUT2D eigenvalue weighted by Crippen LogP contribution is 2.32. The van der Waals surface area contributed by atoms with Crippen LogP contribution in [0.2, 0.25) is 0 Å². The van der Waals surface area contributed by atoms with Gasteiger partial charge in [0, 0.05) is 57.0 Å². The first-order valence-corrected chi connectivity index (χ1v) is 13.1. The van der Waals surface area contributed by atoms with Crippen molar-refractivity contribution < 1.29 is 9.53 Å². The fourth-order valence-corrected chi connectivity index (χ4v) is 5.54. The zero-order chi connectivity index (χ0) is 25.8. The van der Waals surface area contributed by atoms with Crippen molar-refractivity contribution in [3.05, 3.63) is 59.9 Å². The molecule has 2 atom stereocenters. The third-order valence-electron chi connectivity index (χ3n) is 7.46. The molecule has 9 nitrogen and oxygen atoms in total. The quantitative estimate of drug-likeness (QED) is 0.451. The van der Waals surface area contributed by atoms with E-state index in [1.54, 1.807) is 22.7 Å².